The van der Waals surface area contributed by atoms with Crippen LogP contribution in [0.1, 0.15) is 13.8 Å². The van der Waals surface area contributed by atoms with Gasteiger partial charge in [-0.25, -0.2) is 0 Å². The van der Waals surface area contributed by atoms with Crippen LogP contribution in [0.3, 0.4) is 0 Å². The predicted octanol–water partition coefficient (Wildman–Crippen LogP) is -7.51. The summed E-state index contributed by atoms with van der Waals surface area (Å²) < 4.78 is 0. The maximum Gasteiger partial charge on any atom is 4.00 e. The second-order valence-electron chi connectivity index (χ2n) is 1.39. The van der Waals surface area contributed by atoms with Crippen LogP contribution >= 0.6 is 0 Å². The third-order valence-electron chi connectivity index (χ3n) is 0. The van der Waals surface area contributed by atoms with E-state index in [2.05, 4.69) is 20.8 Å². The van der Waals surface area contributed by atoms with E-state index in [0.29, 0.717) is 5.92 Å². The molecule has 8 heavy (non-hydrogen) atoms. The van der Waals surface area contributed by atoms with Gasteiger partial charge < -0.3 is 44.1 Å². The van der Waals surface area contributed by atoms with Crippen LogP contribution in [0.15, 0.2) is 0 Å². The van der Waals surface area contributed by atoms with E-state index in [0.717, 1.165) is 0 Å². The maximum atomic E-state index is 3.64. The van der Waals surface area contributed by atoms with E-state index in [1.165, 1.54) is 0 Å². The van der Waals surface area contributed by atoms with Gasteiger partial charge in [-0.05, 0) is 0 Å². The van der Waals surface area contributed by atoms with Gasteiger partial charge in [-0.2, -0.15) is 5.92 Å². The van der Waals surface area contributed by atoms with Crippen LogP contribution in [-0.4, -0.2) is 0 Å². The standard InChI is InChI=1S/C4H9.3ClH.Hf/c1-4(2)3;;;;/h4H,1H2,2-3H3;3*1H;/q-1;;;;+4/p-3. The van der Waals surface area contributed by atoms with Crippen LogP contribution in [0.2, 0.25) is 0 Å². The van der Waals surface area contributed by atoms with Crippen LogP contribution in [0.4, 0.5) is 0 Å². The normalized spacial score (nSPS) is 4.50. The van der Waals surface area contributed by atoms with Crippen LogP contribution in [0, 0.1) is 12.8 Å². The average molecular weight is 342 g/mol. The molecule has 0 unspecified atom stereocenters. The van der Waals surface area contributed by atoms with Crippen LogP contribution in [-0.2, 0) is 25.8 Å². The number of hydrogen-bond acceptors (Lipinski definition) is 0. The zero-order valence-corrected chi connectivity index (χ0v) is 10.8. The van der Waals surface area contributed by atoms with Crippen LogP contribution in [0.5, 0.6) is 0 Å². The fourth-order valence-corrected chi connectivity index (χ4v) is 0. The van der Waals surface area contributed by atoms with Gasteiger partial charge >= 0.3 is 25.8 Å². The van der Waals surface area contributed by atoms with Gasteiger partial charge in [-0.15, -0.1) is 0 Å². The third kappa shape index (κ3) is 116. The fourth-order valence-electron chi connectivity index (χ4n) is 0. The van der Waals surface area contributed by atoms with E-state index in [1.54, 1.807) is 0 Å². The summed E-state index contributed by atoms with van der Waals surface area (Å²) >= 11 is 0. The van der Waals surface area contributed by atoms with Crippen molar-refractivity contribution in [2.24, 2.45) is 5.92 Å². The SMILES string of the molecule is [CH2-]C(C)C.[Cl-].[Cl-].[Cl-].[Hf+4]. The Morgan fingerprint density at radius 3 is 1.00 bits per heavy atom. The van der Waals surface area contributed by atoms with Crippen molar-refractivity contribution >= 4 is 0 Å². The molecule has 0 heterocycles. The van der Waals surface area contributed by atoms with Crippen molar-refractivity contribution in [3.8, 4) is 0 Å². The smallest absolute Gasteiger partial charge is 1.00 e. The second kappa shape index (κ2) is 23.3. The molecule has 0 amide bonds. The first-order chi connectivity index (χ1) is 1.73. The largest absolute Gasteiger partial charge is 4.00 e. The van der Waals surface area contributed by atoms with E-state index < -0.39 is 0 Å². The maximum absolute atomic E-state index is 3.64. The van der Waals surface area contributed by atoms with Gasteiger partial charge in [-0.1, -0.05) is 13.8 Å². The van der Waals surface area contributed by atoms with Gasteiger partial charge in [0.25, 0.3) is 0 Å². The monoisotopic (exact) mass is 342 g/mol. The first-order valence-corrected chi connectivity index (χ1v) is 1.56. The molecule has 0 rings (SSSR count). The molecule has 0 spiro atoms. The van der Waals surface area contributed by atoms with E-state index in [1.807, 2.05) is 0 Å². The average Bonchev–Trinajstić information content (AvgIpc) is 0.811. The summed E-state index contributed by atoms with van der Waals surface area (Å²) in [5.74, 6) is 0.583. The van der Waals surface area contributed by atoms with Gasteiger partial charge in [-0.3, -0.25) is 0 Å². The molecule has 4 heteroatoms. The molecule has 0 bridgehead atoms. The Morgan fingerprint density at radius 2 is 1.00 bits per heavy atom. The first kappa shape index (κ1) is 33.1. The Labute approximate surface area is 89.2 Å². The molecule has 0 aromatic rings. The number of hydrogen-bond donors (Lipinski definition) is 0. The summed E-state index contributed by atoms with van der Waals surface area (Å²) in [5.41, 5.74) is 0. The molecule has 0 N–H and O–H groups in total. The Kier molecular flexibility index (Phi) is 96.5. The van der Waals surface area contributed by atoms with Gasteiger partial charge in [0, 0.05) is 0 Å². The molecule has 0 aliphatic carbocycles. The molecule has 0 aromatic carbocycles. The fraction of sp³-hybridized carbons (Fsp3) is 0.750. The first-order valence-electron chi connectivity index (χ1n) is 1.56. The van der Waals surface area contributed by atoms with Crippen molar-refractivity contribution in [1.29, 1.82) is 0 Å². The summed E-state index contributed by atoms with van der Waals surface area (Å²) in [6.07, 6.45) is 0. The summed E-state index contributed by atoms with van der Waals surface area (Å²) in [6.45, 7) is 7.75. The Morgan fingerprint density at radius 1 is 1.00 bits per heavy atom. The van der Waals surface area contributed by atoms with Crippen LogP contribution in [0.25, 0.3) is 0 Å². The van der Waals surface area contributed by atoms with E-state index in [-0.39, 0.29) is 63.1 Å². The summed E-state index contributed by atoms with van der Waals surface area (Å²) in [7, 11) is 0. The molecule has 0 saturated heterocycles. The molecule has 0 fully saturated rings. The van der Waals surface area contributed by atoms with Crippen molar-refractivity contribution in [3.63, 3.8) is 0 Å². The van der Waals surface area contributed by atoms with Crippen molar-refractivity contribution in [3.05, 3.63) is 6.92 Å². The molecule has 0 aromatic heterocycles. The van der Waals surface area contributed by atoms with E-state index in [4.69, 9.17) is 0 Å². The van der Waals surface area contributed by atoms with Gasteiger partial charge in [0.15, 0.2) is 0 Å². The minimum absolute atomic E-state index is 0. The zero-order chi connectivity index (χ0) is 3.58. The molecule has 50 valence electrons. The quantitative estimate of drug-likeness (QED) is 0.303. The molecule has 0 aliphatic heterocycles. The molecular formula is C4H9Cl3Hf. The molecule has 0 saturated carbocycles. The zero-order valence-electron chi connectivity index (χ0n) is 4.92. The minimum Gasteiger partial charge on any atom is -1.00 e. The summed E-state index contributed by atoms with van der Waals surface area (Å²) in [6, 6.07) is 0. The van der Waals surface area contributed by atoms with E-state index in [9.17, 15) is 0 Å². The minimum atomic E-state index is 0. The summed E-state index contributed by atoms with van der Waals surface area (Å²) in [4.78, 5) is 0. The summed E-state index contributed by atoms with van der Waals surface area (Å²) in [5, 5.41) is 0. The molecular weight excluding hydrogens is 333 g/mol. The Bertz CT molecular complexity index is 16.0. The van der Waals surface area contributed by atoms with Gasteiger partial charge in [0.1, 0.15) is 0 Å². The van der Waals surface area contributed by atoms with Crippen molar-refractivity contribution in [2.45, 2.75) is 13.8 Å². The molecule has 0 atom stereocenters. The molecule has 0 aliphatic rings. The second-order valence-corrected chi connectivity index (χ2v) is 1.39. The molecule has 0 nitrogen and oxygen atoms in total. The Hall–Kier alpha value is 1.74. The third-order valence-corrected chi connectivity index (χ3v) is 0. The predicted molar refractivity (Wildman–Crippen MR) is 20.2 cm³/mol. The van der Waals surface area contributed by atoms with Crippen molar-refractivity contribution < 1.29 is 63.1 Å². The van der Waals surface area contributed by atoms with Gasteiger partial charge in [0.05, 0.1) is 0 Å². The topological polar surface area (TPSA) is 0 Å². The Balaban J connectivity index is -0.00000000750. The number of halogens is 3. The number of rotatable bonds is 0. The van der Waals surface area contributed by atoms with Crippen molar-refractivity contribution in [2.75, 3.05) is 0 Å². The molecule has 0 radical (unpaired) electrons. The van der Waals surface area contributed by atoms with Crippen molar-refractivity contribution in [1.82, 2.24) is 0 Å². The van der Waals surface area contributed by atoms with E-state index >= 15 is 0 Å². The van der Waals surface area contributed by atoms with Gasteiger partial charge in [0.2, 0.25) is 0 Å². The van der Waals surface area contributed by atoms with Crippen LogP contribution < -0.4 is 37.2 Å².